The number of hydrogen-bond acceptors (Lipinski definition) is 3. The van der Waals surface area contributed by atoms with E-state index in [1.807, 2.05) is 0 Å². The molecule has 0 amide bonds. The Labute approximate surface area is 147 Å². The van der Waals surface area contributed by atoms with E-state index in [2.05, 4.69) is 75.3 Å². The minimum absolute atomic E-state index is 0.762. The van der Waals surface area contributed by atoms with E-state index in [1.165, 1.54) is 16.7 Å². The van der Waals surface area contributed by atoms with Gasteiger partial charge >= 0.3 is 0 Å². The second-order valence-electron chi connectivity index (χ2n) is 7.10. The second kappa shape index (κ2) is 8.29. The van der Waals surface area contributed by atoms with Crippen molar-refractivity contribution in [3.8, 4) is 0 Å². The Balaban J connectivity index is 2.34. The number of nitrogens with one attached hydrogen (secondary N) is 1. The van der Waals surface area contributed by atoms with Crippen molar-refractivity contribution in [2.24, 2.45) is 0 Å². The molecule has 0 saturated carbocycles. The maximum Gasteiger partial charge on any atom is 0.0393 e. The summed E-state index contributed by atoms with van der Waals surface area (Å²) in [5, 5.41) is 8.57. The van der Waals surface area contributed by atoms with Gasteiger partial charge < -0.3 is 15.2 Å². The zero-order chi connectivity index (χ0) is 17.7. The van der Waals surface area contributed by atoms with Crippen LogP contribution in [0.3, 0.4) is 0 Å². The van der Waals surface area contributed by atoms with Crippen LogP contribution in [0.2, 0.25) is 0 Å². The van der Waals surface area contributed by atoms with E-state index < -0.39 is 0 Å². The van der Waals surface area contributed by atoms with Crippen molar-refractivity contribution in [3.63, 3.8) is 0 Å². The quantitative estimate of drug-likeness (QED) is 0.709. The molecule has 130 valence electrons. The summed E-state index contributed by atoms with van der Waals surface area (Å²) in [6.45, 7) is 3.16. The Bertz CT molecular complexity index is 651. The molecule has 0 unspecified atom stereocenters. The minimum atomic E-state index is 0.762. The monoisotopic (exact) mass is 325 g/mol. The van der Waals surface area contributed by atoms with E-state index in [0.717, 1.165) is 49.2 Å². The standard InChI is InChI=1S/C21H31N3/c1-6-7-8-21(22)20-14-18(24(4)5)11-12-19(20)17-10-9-16(13-17)15-23(2)3/h9,11-14,22H,6-8,10,15H2,1-5H3. The van der Waals surface area contributed by atoms with Crippen molar-refractivity contribution < 1.29 is 0 Å². The van der Waals surface area contributed by atoms with Crippen LogP contribution in [0.25, 0.3) is 5.57 Å². The SMILES string of the molecule is CCCCC(=N)c1cc(N(C)C)ccc1C1=CC(CN(C)C)=CC1. The third-order valence-electron chi connectivity index (χ3n) is 4.41. The summed E-state index contributed by atoms with van der Waals surface area (Å²) < 4.78 is 0. The molecule has 1 aliphatic carbocycles. The van der Waals surface area contributed by atoms with E-state index in [0.29, 0.717) is 0 Å². The molecule has 3 heteroatoms. The van der Waals surface area contributed by atoms with Crippen molar-refractivity contribution in [3.05, 3.63) is 47.1 Å². The highest BCUT2D eigenvalue weighted by molar-refractivity contribution is 6.03. The van der Waals surface area contributed by atoms with Gasteiger partial charge in [0.1, 0.15) is 0 Å². The molecule has 0 aromatic heterocycles. The average molecular weight is 326 g/mol. The van der Waals surface area contributed by atoms with E-state index in [4.69, 9.17) is 5.41 Å². The molecule has 0 bridgehead atoms. The Morgan fingerprint density at radius 1 is 1.17 bits per heavy atom. The molecule has 2 rings (SSSR count). The number of nitrogens with zero attached hydrogens (tertiary/aromatic N) is 2. The van der Waals surface area contributed by atoms with E-state index in [-0.39, 0.29) is 0 Å². The fraction of sp³-hybridized carbons (Fsp3) is 0.476. The topological polar surface area (TPSA) is 30.3 Å². The van der Waals surface area contributed by atoms with Gasteiger partial charge in [-0.2, -0.15) is 0 Å². The number of benzene rings is 1. The zero-order valence-electron chi connectivity index (χ0n) is 15.8. The first-order chi connectivity index (χ1) is 11.4. The van der Waals surface area contributed by atoms with Crippen LogP contribution in [0, 0.1) is 5.41 Å². The molecule has 0 spiro atoms. The van der Waals surface area contributed by atoms with Crippen molar-refractivity contribution in [1.82, 2.24) is 4.90 Å². The molecule has 3 nitrogen and oxygen atoms in total. The molecule has 0 fully saturated rings. The Morgan fingerprint density at radius 2 is 1.92 bits per heavy atom. The van der Waals surface area contributed by atoms with Gasteiger partial charge in [0.05, 0.1) is 0 Å². The van der Waals surface area contributed by atoms with Gasteiger partial charge in [0.25, 0.3) is 0 Å². The van der Waals surface area contributed by atoms with Gasteiger partial charge in [0.15, 0.2) is 0 Å². The van der Waals surface area contributed by atoms with Gasteiger partial charge in [-0.15, -0.1) is 0 Å². The summed E-state index contributed by atoms with van der Waals surface area (Å²) in [6, 6.07) is 6.54. The molecule has 1 aromatic rings. The third-order valence-corrected chi connectivity index (χ3v) is 4.41. The number of unbranched alkanes of at least 4 members (excludes halogenated alkanes) is 1. The molecule has 1 aromatic carbocycles. The first kappa shape index (κ1) is 18.5. The first-order valence-electron chi connectivity index (χ1n) is 8.86. The molecule has 1 N–H and O–H groups in total. The first-order valence-corrected chi connectivity index (χ1v) is 8.86. The van der Waals surface area contributed by atoms with Crippen molar-refractivity contribution in [1.29, 1.82) is 5.41 Å². The molecule has 0 heterocycles. The molecule has 0 radical (unpaired) electrons. The highest BCUT2D eigenvalue weighted by Crippen LogP contribution is 2.32. The lowest BCUT2D eigenvalue weighted by Crippen LogP contribution is -2.13. The van der Waals surface area contributed by atoms with Crippen molar-refractivity contribution in [2.75, 3.05) is 39.6 Å². The van der Waals surface area contributed by atoms with Gasteiger partial charge in [-0.25, -0.2) is 0 Å². The smallest absolute Gasteiger partial charge is 0.0393 e. The number of anilines is 1. The maximum absolute atomic E-state index is 8.57. The highest BCUT2D eigenvalue weighted by atomic mass is 15.1. The Morgan fingerprint density at radius 3 is 2.54 bits per heavy atom. The molecule has 0 aliphatic heterocycles. The molecule has 24 heavy (non-hydrogen) atoms. The van der Waals surface area contributed by atoms with Crippen molar-refractivity contribution in [2.45, 2.75) is 32.6 Å². The number of hydrogen-bond donors (Lipinski definition) is 1. The maximum atomic E-state index is 8.57. The third kappa shape index (κ3) is 4.57. The van der Waals surface area contributed by atoms with Crippen LogP contribution < -0.4 is 4.90 Å². The number of allylic oxidation sites excluding steroid dienone is 2. The fourth-order valence-electron chi connectivity index (χ4n) is 3.07. The molecular formula is C21H31N3. The summed E-state index contributed by atoms with van der Waals surface area (Å²) in [6.07, 6.45) is 8.65. The lowest BCUT2D eigenvalue weighted by molar-refractivity contribution is 0.449. The molecular weight excluding hydrogens is 294 g/mol. The normalized spacial score (nSPS) is 13.9. The van der Waals surface area contributed by atoms with E-state index >= 15 is 0 Å². The van der Waals surface area contributed by atoms with Gasteiger partial charge in [0.2, 0.25) is 0 Å². The molecule has 0 saturated heterocycles. The molecule has 1 aliphatic rings. The van der Waals surface area contributed by atoms with Crippen molar-refractivity contribution >= 4 is 17.0 Å². The number of rotatable bonds is 8. The summed E-state index contributed by atoms with van der Waals surface area (Å²) in [5.41, 5.74) is 6.96. The summed E-state index contributed by atoms with van der Waals surface area (Å²) in [5.74, 6) is 0. The lowest BCUT2D eigenvalue weighted by Gasteiger charge is -2.18. The lowest BCUT2D eigenvalue weighted by atomic mass is 9.93. The zero-order valence-corrected chi connectivity index (χ0v) is 15.8. The van der Waals surface area contributed by atoms with Crippen LogP contribution in [-0.2, 0) is 0 Å². The average Bonchev–Trinajstić information content (AvgIpc) is 2.99. The van der Waals surface area contributed by atoms with Gasteiger partial charge in [-0.3, -0.25) is 0 Å². The minimum Gasteiger partial charge on any atom is -0.378 e. The van der Waals surface area contributed by atoms with Gasteiger partial charge in [-0.1, -0.05) is 31.6 Å². The second-order valence-corrected chi connectivity index (χ2v) is 7.10. The highest BCUT2D eigenvalue weighted by Gasteiger charge is 2.16. The predicted octanol–water partition coefficient (Wildman–Crippen LogP) is 4.59. The molecule has 0 atom stereocenters. The van der Waals surface area contributed by atoms with Crippen LogP contribution in [0.4, 0.5) is 5.69 Å². The predicted molar refractivity (Wildman–Crippen MR) is 106 cm³/mol. The summed E-state index contributed by atoms with van der Waals surface area (Å²) in [4.78, 5) is 4.31. The van der Waals surface area contributed by atoms with Crippen LogP contribution >= 0.6 is 0 Å². The Kier molecular flexibility index (Phi) is 6.38. The van der Waals surface area contributed by atoms with E-state index in [1.54, 1.807) is 0 Å². The largest absolute Gasteiger partial charge is 0.378 e. The van der Waals surface area contributed by atoms with Gasteiger partial charge in [-0.05, 0) is 62.2 Å². The van der Waals surface area contributed by atoms with Crippen LogP contribution in [0.1, 0.15) is 43.7 Å². The summed E-state index contributed by atoms with van der Waals surface area (Å²) >= 11 is 0. The van der Waals surface area contributed by atoms with Crippen LogP contribution in [0.5, 0.6) is 0 Å². The van der Waals surface area contributed by atoms with Crippen LogP contribution in [0.15, 0.2) is 35.9 Å². The van der Waals surface area contributed by atoms with E-state index in [9.17, 15) is 0 Å². The number of likely N-dealkylation sites (N-methyl/N-ethyl adjacent to an activating group) is 1. The fourth-order valence-corrected chi connectivity index (χ4v) is 3.07. The Hall–Kier alpha value is -1.87. The van der Waals surface area contributed by atoms with Gasteiger partial charge in [0, 0.05) is 37.6 Å². The van der Waals surface area contributed by atoms with Crippen LogP contribution in [-0.4, -0.2) is 45.3 Å². The summed E-state index contributed by atoms with van der Waals surface area (Å²) in [7, 11) is 8.31.